The second-order valence-corrected chi connectivity index (χ2v) is 6.64. The third-order valence-corrected chi connectivity index (χ3v) is 4.85. The number of aliphatic hydroxyl groups is 1. The van der Waals surface area contributed by atoms with Crippen molar-refractivity contribution in [3.8, 4) is 0 Å². The van der Waals surface area contributed by atoms with Gasteiger partial charge in [-0.05, 0) is 24.6 Å². The zero-order valence-electron chi connectivity index (χ0n) is 14.4. The van der Waals surface area contributed by atoms with Crippen LogP contribution in [0.5, 0.6) is 0 Å². The third kappa shape index (κ3) is 4.63. The second-order valence-electron chi connectivity index (χ2n) is 6.64. The molecule has 0 unspecified atom stereocenters. The minimum atomic E-state index is -0.409. The van der Waals surface area contributed by atoms with Gasteiger partial charge in [0, 0.05) is 57.1 Å². The molecular weight excluding hydrogens is 298 g/mol. The number of aromatic nitrogens is 1. The van der Waals surface area contributed by atoms with Gasteiger partial charge in [0.2, 0.25) is 0 Å². The Kier molecular flexibility index (Phi) is 5.96. The van der Waals surface area contributed by atoms with E-state index in [1.165, 1.54) is 0 Å². The van der Waals surface area contributed by atoms with Crippen molar-refractivity contribution in [2.75, 3.05) is 32.7 Å². The lowest BCUT2D eigenvalue weighted by atomic mass is 10.1. The number of hydrogen-bond acceptors (Lipinski definition) is 4. The number of nitrogens with zero attached hydrogens (tertiary/aromatic N) is 3. The molecule has 24 heavy (non-hydrogen) atoms. The number of hydrogen-bond donors (Lipinski definition) is 1. The molecule has 0 radical (unpaired) electrons. The first-order valence-corrected chi connectivity index (χ1v) is 8.81. The van der Waals surface area contributed by atoms with Crippen LogP contribution in [-0.4, -0.2) is 58.7 Å². The first-order valence-electron chi connectivity index (χ1n) is 8.81. The van der Waals surface area contributed by atoms with Crippen LogP contribution in [0.25, 0.3) is 0 Å². The maximum absolute atomic E-state index is 10.4. The molecule has 1 aromatic heterocycles. The van der Waals surface area contributed by atoms with Crippen LogP contribution in [0.4, 0.5) is 0 Å². The van der Waals surface area contributed by atoms with Crippen molar-refractivity contribution in [1.82, 2.24) is 14.8 Å². The van der Waals surface area contributed by atoms with Crippen molar-refractivity contribution in [3.05, 3.63) is 66.0 Å². The molecule has 4 heteroatoms. The largest absolute Gasteiger partial charge is 0.387 e. The molecule has 1 aromatic carbocycles. The van der Waals surface area contributed by atoms with E-state index in [1.54, 1.807) is 0 Å². The lowest BCUT2D eigenvalue weighted by molar-refractivity contribution is 0.0392. The summed E-state index contributed by atoms with van der Waals surface area (Å²) in [4.78, 5) is 9.30. The molecule has 4 nitrogen and oxygen atoms in total. The van der Waals surface area contributed by atoms with Gasteiger partial charge < -0.3 is 10.0 Å². The van der Waals surface area contributed by atoms with E-state index >= 15 is 0 Å². The molecule has 128 valence electrons. The minimum Gasteiger partial charge on any atom is -0.387 e. The number of benzene rings is 1. The van der Waals surface area contributed by atoms with E-state index in [0.717, 1.165) is 43.9 Å². The smallest absolute Gasteiger partial charge is 0.0917 e. The Hall–Kier alpha value is -1.75. The van der Waals surface area contributed by atoms with E-state index < -0.39 is 6.10 Å². The van der Waals surface area contributed by atoms with Crippen molar-refractivity contribution < 1.29 is 5.11 Å². The van der Waals surface area contributed by atoms with Gasteiger partial charge in [-0.15, -0.1) is 0 Å². The Balaban J connectivity index is 1.46. The van der Waals surface area contributed by atoms with Crippen LogP contribution in [0.1, 0.15) is 24.3 Å². The van der Waals surface area contributed by atoms with Crippen molar-refractivity contribution in [2.24, 2.45) is 0 Å². The highest BCUT2D eigenvalue weighted by Crippen LogP contribution is 2.18. The zero-order chi connectivity index (χ0) is 16.8. The lowest BCUT2D eigenvalue weighted by Crippen LogP contribution is -2.53. The topological polar surface area (TPSA) is 39.6 Å². The van der Waals surface area contributed by atoms with Gasteiger partial charge in [-0.1, -0.05) is 36.4 Å². The minimum absolute atomic E-state index is 0.409. The van der Waals surface area contributed by atoms with E-state index in [1.807, 2.05) is 48.7 Å². The quantitative estimate of drug-likeness (QED) is 0.885. The summed E-state index contributed by atoms with van der Waals surface area (Å²) in [5.41, 5.74) is 2.16. The monoisotopic (exact) mass is 325 g/mol. The van der Waals surface area contributed by atoms with E-state index in [2.05, 4.69) is 27.8 Å². The first kappa shape index (κ1) is 17.1. The van der Waals surface area contributed by atoms with Crippen molar-refractivity contribution >= 4 is 0 Å². The fraction of sp³-hybridized carbons (Fsp3) is 0.450. The molecule has 1 aliphatic rings. The Labute approximate surface area is 144 Å². The average molecular weight is 325 g/mol. The third-order valence-electron chi connectivity index (χ3n) is 4.85. The molecular formula is C20H27N3O. The number of piperazine rings is 1. The van der Waals surface area contributed by atoms with Crippen LogP contribution in [0.3, 0.4) is 0 Å². The molecule has 2 heterocycles. The normalized spacial score (nSPS) is 20.8. The predicted octanol–water partition coefficient (Wildman–Crippen LogP) is 2.36. The second kappa shape index (κ2) is 8.38. The molecule has 2 atom stereocenters. The molecule has 1 saturated heterocycles. The summed E-state index contributed by atoms with van der Waals surface area (Å²) in [6.07, 6.45) is 2.45. The molecule has 1 aliphatic heterocycles. The number of pyridine rings is 1. The van der Waals surface area contributed by atoms with Crippen molar-refractivity contribution in [2.45, 2.75) is 25.5 Å². The SMILES string of the molecule is C[C@H]1CN(CCc2ccccn2)CCN1C[C@H](O)c1ccccc1. The highest BCUT2D eigenvalue weighted by molar-refractivity contribution is 5.17. The van der Waals surface area contributed by atoms with E-state index in [9.17, 15) is 5.11 Å². The van der Waals surface area contributed by atoms with Gasteiger partial charge in [0.1, 0.15) is 0 Å². The summed E-state index contributed by atoms with van der Waals surface area (Å²) in [6, 6.07) is 16.5. The fourth-order valence-corrected chi connectivity index (χ4v) is 3.37. The molecule has 0 bridgehead atoms. The summed E-state index contributed by atoms with van der Waals surface area (Å²) >= 11 is 0. The predicted molar refractivity (Wildman–Crippen MR) is 96.8 cm³/mol. The molecule has 2 aromatic rings. The van der Waals surface area contributed by atoms with Crippen LogP contribution in [0.2, 0.25) is 0 Å². The van der Waals surface area contributed by atoms with Gasteiger partial charge in [0.25, 0.3) is 0 Å². The number of β-amino-alcohol motifs (C(OH)–C–C–N with tert-alkyl or cyclic N) is 1. The van der Waals surface area contributed by atoms with Crippen LogP contribution in [0, 0.1) is 0 Å². The average Bonchev–Trinajstić information content (AvgIpc) is 2.63. The van der Waals surface area contributed by atoms with Gasteiger partial charge in [-0.3, -0.25) is 9.88 Å². The Morgan fingerprint density at radius 2 is 1.92 bits per heavy atom. The van der Waals surface area contributed by atoms with Crippen LogP contribution in [-0.2, 0) is 6.42 Å². The maximum Gasteiger partial charge on any atom is 0.0917 e. The van der Waals surface area contributed by atoms with E-state index in [-0.39, 0.29) is 0 Å². The van der Waals surface area contributed by atoms with Crippen molar-refractivity contribution in [1.29, 1.82) is 0 Å². The van der Waals surface area contributed by atoms with Crippen molar-refractivity contribution in [3.63, 3.8) is 0 Å². The van der Waals surface area contributed by atoms with E-state index in [0.29, 0.717) is 12.6 Å². The summed E-state index contributed by atoms with van der Waals surface area (Å²) in [6.45, 7) is 7.13. The molecule has 1 N–H and O–H groups in total. The van der Waals surface area contributed by atoms with Crippen LogP contribution in [0.15, 0.2) is 54.7 Å². The number of aliphatic hydroxyl groups excluding tert-OH is 1. The standard InChI is InChI=1S/C20H27N3O/c1-17-15-22(12-10-19-9-5-6-11-21-19)13-14-23(17)16-20(24)18-7-3-2-4-8-18/h2-9,11,17,20,24H,10,12-16H2,1H3/t17-,20-/m0/s1. The van der Waals surface area contributed by atoms with Gasteiger partial charge in [0.05, 0.1) is 6.10 Å². The Morgan fingerprint density at radius 1 is 1.12 bits per heavy atom. The fourth-order valence-electron chi connectivity index (χ4n) is 3.37. The van der Waals surface area contributed by atoms with Crippen LogP contribution < -0.4 is 0 Å². The molecule has 0 aliphatic carbocycles. The highest BCUT2D eigenvalue weighted by Gasteiger charge is 2.25. The molecule has 0 spiro atoms. The van der Waals surface area contributed by atoms with Gasteiger partial charge in [-0.2, -0.15) is 0 Å². The maximum atomic E-state index is 10.4. The first-order chi connectivity index (χ1) is 11.7. The van der Waals surface area contributed by atoms with Crippen LogP contribution >= 0.6 is 0 Å². The highest BCUT2D eigenvalue weighted by atomic mass is 16.3. The van der Waals surface area contributed by atoms with E-state index in [4.69, 9.17) is 0 Å². The van der Waals surface area contributed by atoms with Gasteiger partial charge in [0.15, 0.2) is 0 Å². The molecule has 3 rings (SSSR count). The molecule has 1 fully saturated rings. The molecule has 0 amide bonds. The van der Waals surface area contributed by atoms with Gasteiger partial charge in [-0.25, -0.2) is 0 Å². The molecule has 0 saturated carbocycles. The lowest BCUT2D eigenvalue weighted by Gasteiger charge is -2.40. The summed E-state index contributed by atoms with van der Waals surface area (Å²) in [5.74, 6) is 0. The Bertz CT molecular complexity index is 605. The van der Waals surface area contributed by atoms with Gasteiger partial charge >= 0.3 is 0 Å². The summed E-state index contributed by atoms with van der Waals surface area (Å²) < 4.78 is 0. The number of rotatable bonds is 6. The Morgan fingerprint density at radius 3 is 2.62 bits per heavy atom. The summed E-state index contributed by atoms with van der Waals surface area (Å²) in [7, 11) is 0. The zero-order valence-corrected chi connectivity index (χ0v) is 14.4. The summed E-state index contributed by atoms with van der Waals surface area (Å²) in [5, 5.41) is 10.4.